The molecule has 2 nitrogen and oxygen atoms in total. The fourth-order valence-electron chi connectivity index (χ4n) is 4.07. The van der Waals surface area contributed by atoms with Crippen LogP contribution in [0.4, 0.5) is 0 Å². The Morgan fingerprint density at radius 3 is 2.37 bits per heavy atom. The van der Waals surface area contributed by atoms with Gasteiger partial charge in [-0.2, -0.15) is 0 Å². The Bertz CT molecular complexity index is 238. The molecule has 0 amide bonds. The van der Waals surface area contributed by atoms with Crippen molar-refractivity contribution in [2.75, 3.05) is 32.7 Å². The van der Waals surface area contributed by atoms with Crippen molar-refractivity contribution in [3.8, 4) is 0 Å². The zero-order valence-electron chi connectivity index (χ0n) is 13.2. The minimum atomic E-state index is 0.605. The van der Waals surface area contributed by atoms with Crippen molar-refractivity contribution in [3.63, 3.8) is 0 Å². The Hall–Kier alpha value is -0.0800. The lowest BCUT2D eigenvalue weighted by atomic mass is 9.84. The molecule has 0 atom stereocenters. The maximum Gasteiger partial charge on any atom is 0.00501 e. The third-order valence-corrected chi connectivity index (χ3v) is 5.43. The lowest BCUT2D eigenvalue weighted by Gasteiger charge is -2.39. The first-order valence-corrected chi connectivity index (χ1v) is 8.71. The van der Waals surface area contributed by atoms with Crippen LogP contribution in [0.3, 0.4) is 0 Å². The van der Waals surface area contributed by atoms with E-state index in [1.54, 1.807) is 0 Å². The minimum Gasteiger partial charge on any atom is -0.316 e. The van der Waals surface area contributed by atoms with Crippen LogP contribution in [0.15, 0.2) is 0 Å². The second kappa shape index (κ2) is 7.64. The van der Waals surface area contributed by atoms with Crippen molar-refractivity contribution < 1.29 is 0 Å². The summed E-state index contributed by atoms with van der Waals surface area (Å²) in [6, 6.07) is 0. The average molecular weight is 266 g/mol. The Morgan fingerprint density at radius 2 is 1.79 bits per heavy atom. The van der Waals surface area contributed by atoms with Crippen molar-refractivity contribution in [1.82, 2.24) is 10.2 Å². The van der Waals surface area contributed by atoms with Gasteiger partial charge in [0.2, 0.25) is 0 Å². The number of piperidine rings is 1. The van der Waals surface area contributed by atoms with Crippen LogP contribution < -0.4 is 5.32 Å². The van der Waals surface area contributed by atoms with Crippen LogP contribution >= 0.6 is 0 Å². The second-order valence-electron chi connectivity index (χ2n) is 7.01. The Balaban J connectivity index is 1.80. The summed E-state index contributed by atoms with van der Waals surface area (Å²) in [7, 11) is 0. The largest absolute Gasteiger partial charge is 0.316 e. The van der Waals surface area contributed by atoms with Gasteiger partial charge >= 0.3 is 0 Å². The van der Waals surface area contributed by atoms with Crippen LogP contribution in [0.1, 0.15) is 65.2 Å². The van der Waals surface area contributed by atoms with E-state index in [4.69, 9.17) is 0 Å². The van der Waals surface area contributed by atoms with E-state index in [9.17, 15) is 0 Å². The van der Waals surface area contributed by atoms with E-state index in [0.717, 1.165) is 5.92 Å². The van der Waals surface area contributed by atoms with Gasteiger partial charge in [-0.05, 0) is 63.1 Å². The summed E-state index contributed by atoms with van der Waals surface area (Å²) in [5, 5.41) is 3.70. The molecule has 1 saturated carbocycles. The van der Waals surface area contributed by atoms with Gasteiger partial charge in [0.25, 0.3) is 0 Å². The molecule has 19 heavy (non-hydrogen) atoms. The summed E-state index contributed by atoms with van der Waals surface area (Å²) in [5.41, 5.74) is 0.605. The normalized spacial score (nSPS) is 24.9. The van der Waals surface area contributed by atoms with E-state index in [1.165, 1.54) is 84.1 Å². The highest BCUT2D eigenvalue weighted by atomic mass is 15.1. The maximum absolute atomic E-state index is 3.70. The molecule has 0 aromatic carbocycles. The molecule has 1 aliphatic heterocycles. The van der Waals surface area contributed by atoms with Crippen LogP contribution in [-0.4, -0.2) is 37.6 Å². The highest BCUT2D eigenvalue weighted by molar-refractivity contribution is 4.90. The molecule has 2 aliphatic rings. The lowest BCUT2D eigenvalue weighted by molar-refractivity contribution is 0.109. The molecule has 112 valence electrons. The van der Waals surface area contributed by atoms with Gasteiger partial charge in [-0.15, -0.1) is 0 Å². The van der Waals surface area contributed by atoms with Crippen LogP contribution in [0.5, 0.6) is 0 Å². The third kappa shape index (κ3) is 4.46. The standard InChI is InChI=1S/C17H34N2/c1-3-11-18-14-17(9-5-6-10-17)15-19-12-7-16(4-2)8-13-19/h16,18H,3-15H2,1-2H3. The summed E-state index contributed by atoms with van der Waals surface area (Å²) < 4.78 is 0. The molecule has 0 spiro atoms. The third-order valence-electron chi connectivity index (χ3n) is 5.43. The topological polar surface area (TPSA) is 15.3 Å². The van der Waals surface area contributed by atoms with Gasteiger partial charge in [0.1, 0.15) is 0 Å². The molecule has 0 aromatic heterocycles. The Labute approximate surface area is 120 Å². The summed E-state index contributed by atoms with van der Waals surface area (Å²) in [4.78, 5) is 2.77. The number of nitrogens with one attached hydrogen (secondary N) is 1. The number of rotatable bonds is 7. The first-order valence-electron chi connectivity index (χ1n) is 8.71. The lowest BCUT2D eigenvalue weighted by Crippen LogP contribution is -2.45. The average Bonchev–Trinajstić information content (AvgIpc) is 2.89. The molecule has 2 fully saturated rings. The maximum atomic E-state index is 3.70. The molecule has 1 N–H and O–H groups in total. The van der Waals surface area contributed by atoms with Gasteiger partial charge in [-0.3, -0.25) is 0 Å². The van der Waals surface area contributed by atoms with E-state index in [-0.39, 0.29) is 0 Å². The van der Waals surface area contributed by atoms with Crippen molar-refractivity contribution >= 4 is 0 Å². The van der Waals surface area contributed by atoms with Crippen LogP contribution in [-0.2, 0) is 0 Å². The van der Waals surface area contributed by atoms with Gasteiger partial charge in [-0.25, -0.2) is 0 Å². The number of hydrogen-bond acceptors (Lipinski definition) is 2. The molecule has 2 rings (SSSR count). The highest BCUT2D eigenvalue weighted by Crippen LogP contribution is 2.39. The van der Waals surface area contributed by atoms with Gasteiger partial charge in [0.15, 0.2) is 0 Å². The van der Waals surface area contributed by atoms with E-state index in [1.807, 2.05) is 0 Å². The monoisotopic (exact) mass is 266 g/mol. The summed E-state index contributed by atoms with van der Waals surface area (Å²) in [6.45, 7) is 11.1. The molecule has 1 aliphatic carbocycles. The molecule has 0 radical (unpaired) electrons. The first-order chi connectivity index (χ1) is 9.28. The van der Waals surface area contributed by atoms with Gasteiger partial charge in [0, 0.05) is 13.1 Å². The molecular formula is C17H34N2. The van der Waals surface area contributed by atoms with Crippen LogP contribution in [0, 0.1) is 11.3 Å². The second-order valence-corrected chi connectivity index (χ2v) is 7.01. The Morgan fingerprint density at radius 1 is 1.11 bits per heavy atom. The number of hydrogen-bond donors (Lipinski definition) is 1. The molecule has 0 unspecified atom stereocenters. The quantitative estimate of drug-likeness (QED) is 0.707. The molecular weight excluding hydrogens is 232 g/mol. The van der Waals surface area contributed by atoms with E-state index >= 15 is 0 Å². The molecule has 2 heteroatoms. The predicted molar refractivity (Wildman–Crippen MR) is 83.5 cm³/mol. The fourth-order valence-corrected chi connectivity index (χ4v) is 4.07. The molecule has 0 aromatic rings. The first kappa shape index (κ1) is 15.3. The van der Waals surface area contributed by atoms with Gasteiger partial charge in [0.05, 0.1) is 0 Å². The highest BCUT2D eigenvalue weighted by Gasteiger charge is 2.35. The van der Waals surface area contributed by atoms with E-state index in [0.29, 0.717) is 5.41 Å². The molecule has 1 heterocycles. The molecule has 0 bridgehead atoms. The summed E-state index contributed by atoms with van der Waals surface area (Å²) >= 11 is 0. The van der Waals surface area contributed by atoms with Crippen molar-refractivity contribution in [1.29, 1.82) is 0 Å². The van der Waals surface area contributed by atoms with E-state index < -0.39 is 0 Å². The summed E-state index contributed by atoms with van der Waals surface area (Å²) in [5.74, 6) is 1.01. The van der Waals surface area contributed by atoms with Crippen molar-refractivity contribution in [2.24, 2.45) is 11.3 Å². The SMILES string of the molecule is CCCNCC1(CN2CCC(CC)CC2)CCCC1. The smallest absolute Gasteiger partial charge is 0.00501 e. The summed E-state index contributed by atoms with van der Waals surface area (Å²) in [6.07, 6.45) is 11.4. The molecule has 1 saturated heterocycles. The van der Waals surface area contributed by atoms with Crippen molar-refractivity contribution in [3.05, 3.63) is 0 Å². The van der Waals surface area contributed by atoms with Gasteiger partial charge in [-0.1, -0.05) is 33.1 Å². The van der Waals surface area contributed by atoms with Crippen LogP contribution in [0.2, 0.25) is 0 Å². The minimum absolute atomic E-state index is 0.605. The number of nitrogens with zero attached hydrogens (tertiary/aromatic N) is 1. The van der Waals surface area contributed by atoms with Gasteiger partial charge < -0.3 is 10.2 Å². The fraction of sp³-hybridized carbons (Fsp3) is 1.00. The van der Waals surface area contributed by atoms with Crippen molar-refractivity contribution in [2.45, 2.75) is 65.2 Å². The predicted octanol–water partition coefficient (Wildman–Crippen LogP) is 3.67. The Kier molecular flexibility index (Phi) is 6.15. The number of likely N-dealkylation sites (tertiary alicyclic amines) is 1. The van der Waals surface area contributed by atoms with E-state index in [2.05, 4.69) is 24.1 Å². The zero-order valence-corrected chi connectivity index (χ0v) is 13.2. The van der Waals surface area contributed by atoms with Crippen LogP contribution in [0.25, 0.3) is 0 Å². The zero-order chi connectivity index (χ0) is 13.6.